The van der Waals surface area contributed by atoms with Crippen molar-refractivity contribution in [3.05, 3.63) is 29.6 Å². The van der Waals surface area contributed by atoms with Gasteiger partial charge in [0.05, 0.1) is 18.8 Å². The zero-order valence-corrected chi connectivity index (χ0v) is 12.8. The summed E-state index contributed by atoms with van der Waals surface area (Å²) in [4.78, 5) is 2.37. The minimum Gasteiger partial charge on any atom is -0.375 e. The Labute approximate surface area is 121 Å². The number of benzene rings is 1. The zero-order valence-electron chi connectivity index (χ0n) is 12.8. The Morgan fingerprint density at radius 1 is 1.50 bits per heavy atom. The van der Waals surface area contributed by atoms with Crippen LogP contribution < -0.4 is 10.2 Å². The van der Waals surface area contributed by atoms with E-state index < -0.39 is 0 Å². The molecule has 0 saturated carbocycles. The van der Waals surface area contributed by atoms with Crippen molar-refractivity contribution in [3.8, 4) is 0 Å². The van der Waals surface area contributed by atoms with Crippen molar-refractivity contribution in [1.29, 1.82) is 0 Å². The van der Waals surface area contributed by atoms with Gasteiger partial charge in [0.1, 0.15) is 5.82 Å². The summed E-state index contributed by atoms with van der Waals surface area (Å²) in [5, 5.41) is 3.21. The lowest BCUT2D eigenvalue weighted by atomic mass is 10.0. The molecule has 2 rings (SSSR count). The van der Waals surface area contributed by atoms with Crippen molar-refractivity contribution in [3.63, 3.8) is 0 Å². The van der Waals surface area contributed by atoms with Gasteiger partial charge in [0.25, 0.3) is 0 Å². The zero-order chi connectivity index (χ0) is 14.7. The van der Waals surface area contributed by atoms with Gasteiger partial charge in [-0.25, -0.2) is 4.39 Å². The van der Waals surface area contributed by atoms with Crippen LogP contribution in [0, 0.1) is 5.82 Å². The fraction of sp³-hybridized carbons (Fsp3) is 0.625. The molecule has 1 aromatic carbocycles. The third-order valence-corrected chi connectivity index (χ3v) is 4.14. The van der Waals surface area contributed by atoms with Gasteiger partial charge in [-0.3, -0.25) is 0 Å². The number of morpholine rings is 1. The molecule has 1 aliphatic heterocycles. The van der Waals surface area contributed by atoms with E-state index in [-0.39, 0.29) is 18.0 Å². The molecule has 1 fully saturated rings. The van der Waals surface area contributed by atoms with Crippen molar-refractivity contribution in [2.75, 3.05) is 25.1 Å². The monoisotopic (exact) mass is 280 g/mol. The first-order valence-corrected chi connectivity index (χ1v) is 7.41. The quantitative estimate of drug-likeness (QED) is 0.917. The van der Waals surface area contributed by atoms with Crippen LogP contribution >= 0.6 is 0 Å². The summed E-state index contributed by atoms with van der Waals surface area (Å²) in [7, 11) is 1.90. The number of hydrogen-bond acceptors (Lipinski definition) is 3. The fourth-order valence-electron chi connectivity index (χ4n) is 2.77. The van der Waals surface area contributed by atoms with Crippen molar-refractivity contribution >= 4 is 5.69 Å². The minimum absolute atomic E-state index is 0.122. The molecule has 1 heterocycles. The van der Waals surface area contributed by atoms with Gasteiger partial charge in [-0.05, 0) is 51.1 Å². The standard InChI is InChI=1S/C16H25FN2O/c1-5-14-10-20-11(2)9-19(14)16-7-6-13(17)8-15(16)12(3)18-4/h6-8,11-12,14,18H,5,9-10H2,1-4H3. The van der Waals surface area contributed by atoms with E-state index in [0.717, 1.165) is 30.8 Å². The maximum Gasteiger partial charge on any atom is 0.123 e. The molecule has 0 aliphatic carbocycles. The number of rotatable bonds is 4. The van der Waals surface area contributed by atoms with Crippen LogP contribution in [-0.4, -0.2) is 32.3 Å². The first-order valence-electron chi connectivity index (χ1n) is 7.41. The highest BCUT2D eigenvalue weighted by Gasteiger charge is 2.28. The summed E-state index contributed by atoms with van der Waals surface area (Å²) in [5.74, 6) is -0.180. The van der Waals surface area contributed by atoms with Gasteiger partial charge in [0.15, 0.2) is 0 Å². The summed E-state index contributed by atoms with van der Waals surface area (Å²) in [6, 6.07) is 5.58. The number of halogens is 1. The molecule has 3 nitrogen and oxygen atoms in total. The number of nitrogens with zero attached hydrogens (tertiary/aromatic N) is 1. The number of ether oxygens (including phenoxy) is 1. The molecule has 0 aromatic heterocycles. The minimum atomic E-state index is -0.180. The van der Waals surface area contributed by atoms with Gasteiger partial charge in [-0.2, -0.15) is 0 Å². The highest BCUT2D eigenvalue weighted by Crippen LogP contribution is 2.31. The van der Waals surface area contributed by atoms with E-state index in [9.17, 15) is 4.39 Å². The van der Waals surface area contributed by atoms with Gasteiger partial charge < -0.3 is 15.0 Å². The topological polar surface area (TPSA) is 24.5 Å². The van der Waals surface area contributed by atoms with E-state index in [1.807, 2.05) is 13.1 Å². The summed E-state index contributed by atoms with van der Waals surface area (Å²) >= 11 is 0. The molecule has 1 aliphatic rings. The highest BCUT2D eigenvalue weighted by molar-refractivity contribution is 5.56. The average molecular weight is 280 g/mol. The normalized spacial score (nSPS) is 24.8. The highest BCUT2D eigenvalue weighted by atomic mass is 19.1. The second kappa shape index (κ2) is 6.55. The van der Waals surface area contributed by atoms with E-state index >= 15 is 0 Å². The van der Waals surface area contributed by atoms with E-state index in [1.165, 1.54) is 0 Å². The van der Waals surface area contributed by atoms with Crippen LogP contribution in [0.4, 0.5) is 10.1 Å². The molecule has 3 atom stereocenters. The van der Waals surface area contributed by atoms with Crippen LogP contribution in [0.25, 0.3) is 0 Å². The fourth-order valence-corrected chi connectivity index (χ4v) is 2.77. The van der Waals surface area contributed by atoms with Crippen LogP contribution in [-0.2, 0) is 4.74 Å². The molecular weight excluding hydrogens is 255 g/mol. The summed E-state index contributed by atoms with van der Waals surface area (Å²) in [6.45, 7) is 7.91. The maximum atomic E-state index is 13.6. The molecule has 0 bridgehead atoms. The molecule has 1 N–H and O–H groups in total. The first kappa shape index (κ1) is 15.3. The van der Waals surface area contributed by atoms with Crippen LogP contribution in [0.2, 0.25) is 0 Å². The van der Waals surface area contributed by atoms with E-state index in [1.54, 1.807) is 12.1 Å². The second-order valence-corrected chi connectivity index (χ2v) is 5.57. The smallest absolute Gasteiger partial charge is 0.123 e. The average Bonchev–Trinajstić information content (AvgIpc) is 2.46. The lowest BCUT2D eigenvalue weighted by molar-refractivity contribution is 0.0298. The third-order valence-electron chi connectivity index (χ3n) is 4.14. The lowest BCUT2D eigenvalue weighted by Crippen LogP contribution is -2.49. The molecule has 1 saturated heterocycles. The van der Waals surface area contributed by atoms with Crippen molar-refractivity contribution < 1.29 is 9.13 Å². The Morgan fingerprint density at radius 2 is 2.25 bits per heavy atom. The summed E-state index contributed by atoms with van der Waals surface area (Å²) in [6.07, 6.45) is 1.23. The Morgan fingerprint density at radius 3 is 2.90 bits per heavy atom. The summed E-state index contributed by atoms with van der Waals surface area (Å²) in [5.41, 5.74) is 2.13. The maximum absolute atomic E-state index is 13.6. The Bertz CT molecular complexity index is 452. The predicted molar refractivity (Wildman–Crippen MR) is 80.7 cm³/mol. The number of nitrogens with one attached hydrogen (secondary N) is 1. The molecular formula is C16H25FN2O. The molecule has 20 heavy (non-hydrogen) atoms. The van der Waals surface area contributed by atoms with Crippen molar-refractivity contribution in [1.82, 2.24) is 5.32 Å². The van der Waals surface area contributed by atoms with Crippen molar-refractivity contribution in [2.24, 2.45) is 0 Å². The predicted octanol–water partition coefficient (Wildman–Crippen LogP) is 3.11. The van der Waals surface area contributed by atoms with Gasteiger partial charge in [-0.1, -0.05) is 6.92 Å². The van der Waals surface area contributed by atoms with E-state index in [0.29, 0.717) is 6.04 Å². The molecule has 0 spiro atoms. The lowest BCUT2D eigenvalue weighted by Gasteiger charge is -2.41. The van der Waals surface area contributed by atoms with Crippen LogP contribution in [0.5, 0.6) is 0 Å². The molecule has 3 unspecified atom stereocenters. The van der Waals surface area contributed by atoms with Crippen molar-refractivity contribution in [2.45, 2.75) is 45.4 Å². The van der Waals surface area contributed by atoms with Crippen LogP contribution in [0.1, 0.15) is 38.8 Å². The van der Waals surface area contributed by atoms with E-state index in [2.05, 4.69) is 31.0 Å². The second-order valence-electron chi connectivity index (χ2n) is 5.57. The number of hydrogen-bond donors (Lipinski definition) is 1. The Balaban J connectivity index is 2.38. The Kier molecular flexibility index (Phi) is 5.00. The molecule has 112 valence electrons. The molecule has 0 amide bonds. The molecule has 1 aromatic rings. The van der Waals surface area contributed by atoms with Crippen LogP contribution in [0.15, 0.2) is 18.2 Å². The first-order chi connectivity index (χ1) is 9.56. The summed E-state index contributed by atoms with van der Waals surface area (Å²) < 4.78 is 19.3. The third kappa shape index (κ3) is 3.13. The Hall–Kier alpha value is -1.13. The van der Waals surface area contributed by atoms with Gasteiger partial charge in [-0.15, -0.1) is 0 Å². The molecule has 4 heteroatoms. The molecule has 0 radical (unpaired) electrons. The van der Waals surface area contributed by atoms with Crippen LogP contribution in [0.3, 0.4) is 0 Å². The van der Waals surface area contributed by atoms with Gasteiger partial charge >= 0.3 is 0 Å². The van der Waals surface area contributed by atoms with Gasteiger partial charge in [0, 0.05) is 18.3 Å². The number of anilines is 1. The van der Waals surface area contributed by atoms with Gasteiger partial charge in [0.2, 0.25) is 0 Å². The van der Waals surface area contributed by atoms with E-state index in [4.69, 9.17) is 4.74 Å². The largest absolute Gasteiger partial charge is 0.375 e. The SMILES string of the molecule is CCC1COC(C)CN1c1ccc(F)cc1C(C)NC.